The number of allylic oxidation sites excluding steroid dienone is 1. The summed E-state index contributed by atoms with van der Waals surface area (Å²) in [6.45, 7) is 6.28. The Morgan fingerprint density at radius 1 is 0.782 bits per heavy atom. The molecule has 0 aliphatic carbocycles. The quantitative estimate of drug-likeness (QED) is 0.0341. The van der Waals surface area contributed by atoms with Crippen LogP contribution in [0, 0.1) is 0 Å². The molecule has 25 heteroatoms. The predicted molar refractivity (Wildman–Crippen MR) is 267 cm³/mol. The van der Waals surface area contributed by atoms with Gasteiger partial charge in [-0.2, -0.15) is 0 Å². The number of hydrogen-bond donors (Lipinski definition) is 12. The van der Waals surface area contributed by atoms with E-state index in [1.807, 2.05) is 0 Å². The van der Waals surface area contributed by atoms with Crippen LogP contribution in [0.3, 0.4) is 0 Å². The maximum absolute atomic E-state index is 14.7. The van der Waals surface area contributed by atoms with Gasteiger partial charge >= 0.3 is 11.9 Å². The minimum atomic E-state index is -2.11. The summed E-state index contributed by atoms with van der Waals surface area (Å²) in [6.07, 6.45) is -21.6. The molecule has 12 N–H and O–H groups in total. The lowest BCUT2D eigenvalue weighted by atomic mass is 9.97. The van der Waals surface area contributed by atoms with Crippen molar-refractivity contribution in [1.29, 1.82) is 0 Å². The molecule has 4 heterocycles. The third kappa shape index (κ3) is 13.2. The molecule has 4 aromatic rings. The lowest BCUT2D eigenvalue weighted by molar-refractivity contribution is -0.358. The molecule has 3 aliphatic rings. The first kappa shape index (κ1) is 59.0. The molecule has 0 saturated carbocycles. The molecule has 3 saturated heterocycles. The molecule has 0 amide bonds. The first-order valence-electron chi connectivity index (χ1n) is 24.4. The number of benzene rings is 3. The van der Waals surface area contributed by atoms with Crippen LogP contribution in [0.15, 0.2) is 94.2 Å². The number of phenolic OH excluding ortho intramolecular Hbond substituents is 3. The topological polar surface area (TPSA) is 390 Å². The summed E-state index contributed by atoms with van der Waals surface area (Å²) in [5.74, 6) is -4.40. The molecule has 25 nitrogen and oxygen atoms in total. The number of fused-ring (bicyclic) bond motifs is 1. The van der Waals surface area contributed by atoms with Gasteiger partial charge in [-0.1, -0.05) is 18.2 Å². The smallest absolute Gasteiger partial charge is 0.333 e. The summed E-state index contributed by atoms with van der Waals surface area (Å²) < 4.78 is 57.1. The van der Waals surface area contributed by atoms with E-state index in [-0.39, 0.29) is 47.0 Å². The number of aliphatic hydroxyl groups excluding tert-OH is 8. The molecule has 0 spiro atoms. The highest BCUT2D eigenvalue weighted by molar-refractivity contribution is 5.89. The van der Waals surface area contributed by atoms with Crippen molar-refractivity contribution in [1.82, 2.24) is 0 Å². The Morgan fingerprint density at radius 2 is 1.47 bits per heavy atom. The maximum atomic E-state index is 14.7. The molecule has 3 aliphatic heterocycles. The second kappa shape index (κ2) is 25.0. The lowest BCUT2D eigenvalue weighted by Crippen LogP contribution is -2.65. The standard InChI is InChI=1S/C53H62O25/c1-6-53(4,68)17-7-8-23(2)49(67)76-46-37(59)24(3)71-51(44(46)66)72-28-19-30(57)36-32(20-28)73-45(26-11-13-27(55)14-12-26)47(40(36)62)77-52-48(42(64)38(60)33(21-54)74-52)78-50-43(65)41(63)39(61)34(75-50)22-70-35(58)16-10-25-9-15-29(56)31(18-25)69-5/h6,8-16,18-20,24,33-34,37-39,41-44,46,48,50-52,54-57,59-61,63-66,68H,1,7,17,21-22H2,2-5H3/t24-,33+,34+,37-,38+,39+,41-,42-,43+,44+,46+,48+,50-,51-,52-,53+/m0/s1. The molecule has 424 valence electrons. The van der Waals surface area contributed by atoms with E-state index in [9.17, 15) is 75.7 Å². The zero-order valence-corrected chi connectivity index (χ0v) is 42.4. The highest BCUT2D eigenvalue weighted by Gasteiger charge is 2.52. The summed E-state index contributed by atoms with van der Waals surface area (Å²) in [4.78, 5) is 40.5. The molecule has 0 unspecified atom stereocenters. The van der Waals surface area contributed by atoms with Gasteiger partial charge in [0.05, 0.1) is 25.4 Å². The normalized spacial score (nSPS) is 30.3. The average molecular weight is 1100 g/mol. The van der Waals surface area contributed by atoms with Gasteiger partial charge in [-0.3, -0.25) is 4.79 Å². The molecule has 3 fully saturated rings. The van der Waals surface area contributed by atoms with Crippen LogP contribution in [0.2, 0.25) is 0 Å². The highest BCUT2D eigenvalue weighted by Crippen LogP contribution is 2.40. The number of esters is 2. The van der Waals surface area contributed by atoms with E-state index >= 15 is 0 Å². The molecule has 78 heavy (non-hydrogen) atoms. The van der Waals surface area contributed by atoms with Gasteiger partial charge in [-0.15, -0.1) is 6.58 Å². The van der Waals surface area contributed by atoms with Gasteiger partial charge in [-0.05, 0) is 81.7 Å². The largest absolute Gasteiger partial charge is 0.508 e. The third-order valence-electron chi connectivity index (χ3n) is 13.2. The summed E-state index contributed by atoms with van der Waals surface area (Å²) >= 11 is 0. The fourth-order valence-electron chi connectivity index (χ4n) is 8.49. The van der Waals surface area contributed by atoms with Gasteiger partial charge in [0, 0.05) is 29.3 Å². The fourth-order valence-corrected chi connectivity index (χ4v) is 8.49. The van der Waals surface area contributed by atoms with E-state index in [2.05, 4.69) is 6.58 Å². The monoisotopic (exact) mass is 1100 g/mol. The van der Waals surface area contributed by atoms with Gasteiger partial charge in [0.25, 0.3) is 0 Å². The SMILES string of the molecule is C=C[C@@](C)(O)CCC=C(C)C(=O)O[C@@H]1[C@@H](O)[C@H](C)O[C@@H](Oc2cc(O)c3c(=O)c(O[C@@H]4O[C@H](CO)[C@@H](O)[C@H](O)[C@H]4O[C@@H]4O[C@H](COC(=O)C=Cc5ccc(O)c(OC)c5)[C@@H](O)[C@H](O)[C@H]4O)c(-c4ccc(O)cc4)oc3c2)[C@@H]1O. The van der Waals surface area contributed by atoms with Crippen LogP contribution in [0.25, 0.3) is 28.4 Å². The Bertz CT molecular complexity index is 2880. The van der Waals surface area contributed by atoms with Gasteiger partial charge in [-0.25, -0.2) is 9.59 Å². The number of carbonyl (C=O) groups excluding carboxylic acids is 2. The van der Waals surface area contributed by atoms with Crippen molar-refractivity contribution < 1.29 is 118 Å². The summed E-state index contributed by atoms with van der Waals surface area (Å²) in [7, 11) is 1.33. The molecule has 7 rings (SSSR count). The number of rotatable bonds is 19. The van der Waals surface area contributed by atoms with E-state index in [1.165, 1.54) is 81.6 Å². The Hall–Kier alpha value is -6.69. The number of aromatic hydroxyl groups is 3. The third-order valence-corrected chi connectivity index (χ3v) is 13.2. The van der Waals surface area contributed by atoms with E-state index in [4.69, 9.17) is 47.0 Å². The van der Waals surface area contributed by atoms with Crippen molar-refractivity contribution >= 4 is 29.0 Å². The molecule has 0 radical (unpaired) electrons. The number of hydrogen-bond acceptors (Lipinski definition) is 25. The Morgan fingerprint density at radius 3 is 2.15 bits per heavy atom. The molecular formula is C53H62O25. The zero-order valence-electron chi connectivity index (χ0n) is 42.4. The van der Waals surface area contributed by atoms with Crippen LogP contribution in [0.1, 0.15) is 39.2 Å². The number of methoxy groups -OCH3 is 1. The first-order valence-corrected chi connectivity index (χ1v) is 24.4. The van der Waals surface area contributed by atoms with Gasteiger partial charge in [0.1, 0.15) is 83.7 Å². The van der Waals surface area contributed by atoms with Crippen LogP contribution >= 0.6 is 0 Å². The van der Waals surface area contributed by atoms with Gasteiger partial charge in [0.15, 0.2) is 41.9 Å². The van der Waals surface area contributed by atoms with E-state index in [1.54, 1.807) is 6.92 Å². The molecule has 1 aromatic heterocycles. The Balaban J connectivity index is 1.15. The first-order chi connectivity index (χ1) is 36.9. The van der Waals surface area contributed by atoms with Crippen LogP contribution in [0.5, 0.6) is 34.5 Å². The van der Waals surface area contributed by atoms with Crippen LogP contribution in [0.4, 0.5) is 0 Å². The van der Waals surface area contributed by atoms with Crippen molar-refractivity contribution in [2.75, 3.05) is 20.3 Å². The van der Waals surface area contributed by atoms with E-state index < -0.39 is 157 Å². The summed E-state index contributed by atoms with van der Waals surface area (Å²) in [5, 5.41) is 129. The number of ether oxygens (including phenoxy) is 9. The minimum Gasteiger partial charge on any atom is -0.508 e. The van der Waals surface area contributed by atoms with Gasteiger partial charge in [0.2, 0.25) is 23.8 Å². The second-order valence-electron chi connectivity index (χ2n) is 19.0. The Labute approximate surface area is 444 Å². The second-order valence-corrected chi connectivity index (χ2v) is 19.0. The molecule has 3 aromatic carbocycles. The zero-order chi connectivity index (χ0) is 56.9. The van der Waals surface area contributed by atoms with Crippen LogP contribution in [-0.2, 0) is 38.0 Å². The van der Waals surface area contributed by atoms with Crippen molar-refractivity contribution in [2.24, 2.45) is 0 Å². The average Bonchev–Trinajstić information content (AvgIpc) is 3.57. The van der Waals surface area contributed by atoms with Crippen molar-refractivity contribution in [3.63, 3.8) is 0 Å². The maximum Gasteiger partial charge on any atom is 0.333 e. The minimum absolute atomic E-state index is 0.0345. The number of aliphatic hydroxyl groups is 9. The lowest BCUT2D eigenvalue weighted by Gasteiger charge is -2.45. The predicted octanol–water partition coefficient (Wildman–Crippen LogP) is 0.273. The number of carbonyl (C=O) groups is 2. The van der Waals surface area contributed by atoms with Crippen molar-refractivity contribution in [2.45, 2.75) is 131 Å². The molecule has 16 atom stereocenters. The Kier molecular flexibility index (Phi) is 18.9. The molecule has 0 bridgehead atoms. The fraction of sp³-hybridized carbons (Fsp3) is 0.453. The van der Waals surface area contributed by atoms with Gasteiger partial charge < -0.3 is 108 Å². The number of phenols is 3. The summed E-state index contributed by atoms with van der Waals surface area (Å²) in [6, 6.07) is 11.3. The van der Waals surface area contributed by atoms with E-state index in [0.29, 0.717) is 5.56 Å². The van der Waals surface area contributed by atoms with Crippen molar-refractivity contribution in [3.8, 4) is 45.8 Å². The van der Waals surface area contributed by atoms with Crippen LogP contribution in [-0.4, -0.2) is 191 Å². The highest BCUT2D eigenvalue weighted by atomic mass is 16.8. The van der Waals surface area contributed by atoms with E-state index in [0.717, 1.165) is 18.2 Å². The molecular weight excluding hydrogens is 1040 g/mol. The van der Waals surface area contributed by atoms with Crippen LogP contribution < -0.4 is 19.6 Å². The summed E-state index contributed by atoms with van der Waals surface area (Å²) in [5.41, 5.74) is -2.14. The van der Waals surface area contributed by atoms with Crippen molar-refractivity contribution in [3.05, 3.63) is 101 Å².